The van der Waals surface area contributed by atoms with Gasteiger partial charge in [0.05, 0.1) is 34.7 Å². The number of benzene rings is 1. The lowest BCUT2D eigenvalue weighted by atomic mass is 10.1. The van der Waals surface area contributed by atoms with Gasteiger partial charge in [-0.15, -0.1) is 0 Å². The third-order valence-electron chi connectivity index (χ3n) is 4.71. The minimum absolute atomic E-state index is 0.117. The van der Waals surface area contributed by atoms with Crippen LogP contribution >= 0.6 is 15.9 Å². The zero-order valence-electron chi connectivity index (χ0n) is 17.2. The summed E-state index contributed by atoms with van der Waals surface area (Å²) in [6.07, 6.45) is 0.688. The average Bonchev–Trinajstić information content (AvgIpc) is 2.79. The molecule has 4 aromatic rings. The summed E-state index contributed by atoms with van der Waals surface area (Å²) in [6, 6.07) is 4.12. The van der Waals surface area contributed by atoms with E-state index in [-0.39, 0.29) is 21.4 Å². The first-order chi connectivity index (χ1) is 16.1. The van der Waals surface area contributed by atoms with Gasteiger partial charge < -0.3 is 10.1 Å². The van der Waals surface area contributed by atoms with Crippen molar-refractivity contribution < 1.29 is 26.7 Å². The van der Waals surface area contributed by atoms with E-state index in [2.05, 4.69) is 50.9 Å². The van der Waals surface area contributed by atoms with E-state index >= 15 is 0 Å². The molecule has 7 nitrogen and oxygen atoms in total. The van der Waals surface area contributed by atoms with Gasteiger partial charge in [0.2, 0.25) is 0 Å². The van der Waals surface area contributed by atoms with Crippen LogP contribution in [0.4, 0.5) is 27.8 Å². The Bertz CT molecular complexity index is 1320. The molecule has 0 aliphatic rings. The smallest absolute Gasteiger partial charge is 0.416 e. The van der Waals surface area contributed by atoms with Gasteiger partial charge in [-0.2, -0.15) is 22.0 Å². The van der Waals surface area contributed by atoms with Crippen molar-refractivity contribution in [2.75, 3.05) is 5.32 Å². The van der Waals surface area contributed by atoms with E-state index in [9.17, 15) is 22.0 Å². The summed E-state index contributed by atoms with van der Waals surface area (Å²) in [6.45, 7) is -1.26. The summed E-state index contributed by atoms with van der Waals surface area (Å²) in [4.78, 5) is 20.9. The highest BCUT2D eigenvalue weighted by Gasteiger charge is 2.32. The molecule has 4 rings (SSSR count). The van der Waals surface area contributed by atoms with Crippen molar-refractivity contribution in [3.05, 3.63) is 64.9 Å². The average molecular weight is 541 g/mol. The number of nitrogens with one attached hydrogen (secondary N) is 1. The SMILES string of the molecule is CC(Nc1ncnc2c(Br)cc(C(F)(F)F)cc12)c1nccnc1-c1ccc(OC(F)F)cn1. The van der Waals surface area contributed by atoms with E-state index < -0.39 is 24.4 Å². The van der Waals surface area contributed by atoms with E-state index in [1.807, 2.05) is 0 Å². The zero-order valence-corrected chi connectivity index (χ0v) is 18.8. The lowest BCUT2D eigenvalue weighted by Gasteiger charge is -2.18. The van der Waals surface area contributed by atoms with Crippen LogP contribution in [-0.4, -0.2) is 31.5 Å². The predicted octanol–water partition coefficient (Wildman–Crippen LogP) is 6.04. The molecule has 0 radical (unpaired) electrons. The van der Waals surface area contributed by atoms with Crippen molar-refractivity contribution in [1.29, 1.82) is 0 Å². The molecule has 0 saturated carbocycles. The lowest BCUT2D eigenvalue weighted by molar-refractivity contribution is -0.137. The van der Waals surface area contributed by atoms with E-state index in [0.29, 0.717) is 22.6 Å². The maximum atomic E-state index is 13.3. The number of halogens is 6. The third-order valence-corrected chi connectivity index (χ3v) is 5.32. The second kappa shape index (κ2) is 9.41. The fraction of sp³-hybridized carbons (Fsp3) is 0.190. The number of alkyl halides is 5. The zero-order chi connectivity index (χ0) is 24.5. The van der Waals surface area contributed by atoms with Gasteiger partial charge in [-0.05, 0) is 47.1 Å². The Morgan fingerprint density at radius 1 is 1.00 bits per heavy atom. The molecule has 176 valence electrons. The van der Waals surface area contributed by atoms with Crippen molar-refractivity contribution in [2.24, 2.45) is 0 Å². The number of rotatable bonds is 6. The summed E-state index contributed by atoms with van der Waals surface area (Å²) in [5.74, 6) is 0.0448. The number of nitrogens with zero attached hydrogens (tertiary/aromatic N) is 5. The molecule has 0 aliphatic carbocycles. The van der Waals surface area contributed by atoms with Crippen molar-refractivity contribution in [1.82, 2.24) is 24.9 Å². The minimum Gasteiger partial charge on any atom is -0.433 e. The molecule has 0 bridgehead atoms. The van der Waals surface area contributed by atoms with Gasteiger partial charge >= 0.3 is 12.8 Å². The van der Waals surface area contributed by atoms with Crippen molar-refractivity contribution in [3.63, 3.8) is 0 Å². The normalized spacial score (nSPS) is 12.7. The van der Waals surface area contributed by atoms with E-state index in [1.54, 1.807) is 6.92 Å². The number of fused-ring (bicyclic) bond motifs is 1. The number of aromatic nitrogens is 5. The van der Waals surface area contributed by atoms with Crippen molar-refractivity contribution in [2.45, 2.75) is 25.8 Å². The molecular formula is C21H14BrF5N6O. The highest BCUT2D eigenvalue weighted by atomic mass is 79.9. The number of hydrogen-bond donors (Lipinski definition) is 1. The summed E-state index contributed by atoms with van der Waals surface area (Å²) in [5.41, 5.74) is 0.547. The van der Waals surface area contributed by atoms with Crippen LogP contribution in [0, 0.1) is 0 Å². The van der Waals surface area contributed by atoms with Crippen molar-refractivity contribution in [3.8, 4) is 17.1 Å². The molecule has 3 aromatic heterocycles. The number of anilines is 1. The Morgan fingerprint density at radius 2 is 1.76 bits per heavy atom. The van der Waals surface area contributed by atoms with Crippen LogP contribution in [0.5, 0.6) is 5.75 Å². The van der Waals surface area contributed by atoms with Crippen LogP contribution in [0.3, 0.4) is 0 Å². The Kier molecular flexibility index (Phi) is 6.55. The Labute approximate surface area is 197 Å². The monoisotopic (exact) mass is 540 g/mol. The molecule has 1 N–H and O–H groups in total. The van der Waals surface area contributed by atoms with Gasteiger partial charge in [0.25, 0.3) is 0 Å². The molecule has 0 aliphatic heterocycles. The van der Waals surface area contributed by atoms with E-state index in [4.69, 9.17) is 0 Å². The van der Waals surface area contributed by atoms with Gasteiger partial charge in [0.1, 0.15) is 23.6 Å². The molecule has 1 atom stereocenters. The highest BCUT2D eigenvalue weighted by molar-refractivity contribution is 9.10. The highest BCUT2D eigenvalue weighted by Crippen LogP contribution is 2.37. The second-order valence-corrected chi connectivity index (χ2v) is 7.84. The lowest BCUT2D eigenvalue weighted by Crippen LogP contribution is -2.13. The molecule has 34 heavy (non-hydrogen) atoms. The molecular weight excluding hydrogens is 527 g/mol. The molecule has 0 saturated heterocycles. The summed E-state index contributed by atoms with van der Waals surface area (Å²) in [7, 11) is 0. The maximum absolute atomic E-state index is 13.3. The molecule has 13 heteroatoms. The van der Waals surface area contributed by atoms with Crippen LogP contribution in [0.25, 0.3) is 22.3 Å². The summed E-state index contributed by atoms with van der Waals surface area (Å²) >= 11 is 3.14. The molecule has 0 spiro atoms. The van der Waals surface area contributed by atoms with E-state index in [1.165, 1.54) is 30.9 Å². The number of ether oxygens (including phenoxy) is 1. The fourth-order valence-electron chi connectivity index (χ4n) is 3.23. The van der Waals surface area contributed by atoms with Gasteiger partial charge in [0, 0.05) is 22.3 Å². The Morgan fingerprint density at radius 3 is 2.44 bits per heavy atom. The largest absolute Gasteiger partial charge is 0.433 e. The van der Waals surface area contributed by atoms with Gasteiger partial charge in [0.15, 0.2) is 0 Å². The number of pyridine rings is 1. The number of hydrogen-bond acceptors (Lipinski definition) is 7. The Balaban J connectivity index is 1.69. The third kappa shape index (κ3) is 5.03. The predicted molar refractivity (Wildman–Crippen MR) is 116 cm³/mol. The fourth-order valence-corrected chi connectivity index (χ4v) is 3.80. The van der Waals surface area contributed by atoms with Crippen LogP contribution in [-0.2, 0) is 6.18 Å². The molecule has 0 fully saturated rings. The van der Waals surface area contributed by atoms with Crippen molar-refractivity contribution >= 4 is 32.7 Å². The summed E-state index contributed by atoms with van der Waals surface area (Å²) < 4.78 is 69.3. The summed E-state index contributed by atoms with van der Waals surface area (Å²) in [5, 5.41) is 3.22. The first-order valence-electron chi connectivity index (χ1n) is 9.63. The van der Waals surface area contributed by atoms with E-state index in [0.717, 1.165) is 18.3 Å². The van der Waals surface area contributed by atoms with Crippen LogP contribution in [0.1, 0.15) is 24.2 Å². The van der Waals surface area contributed by atoms with Crippen LogP contribution in [0.2, 0.25) is 0 Å². The topological polar surface area (TPSA) is 85.7 Å². The van der Waals surface area contributed by atoms with Crippen LogP contribution < -0.4 is 10.1 Å². The minimum atomic E-state index is -4.56. The first kappa shape index (κ1) is 23.7. The molecule has 3 heterocycles. The molecule has 0 amide bonds. The van der Waals surface area contributed by atoms with Gasteiger partial charge in [-0.3, -0.25) is 15.0 Å². The van der Waals surface area contributed by atoms with Crippen LogP contribution in [0.15, 0.2) is 53.7 Å². The maximum Gasteiger partial charge on any atom is 0.416 e. The molecule has 1 unspecified atom stereocenters. The Hall–Kier alpha value is -3.48. The van der Waals surface area contributed by atoms with Gasteiger partial charge in [-0.25, -0.2) is 9.97 Å². The van der Waals surface area contributed by atoms with Gasteiger partial charge in [-0.1, -0.05) is 0 Å². The quantitative estimate of drug-likeness (QED) is 0.298. The molecule has 1 aromatic carbocycles. The standard InChI is InChI=1S/C21H14BrF5N6O/c1-10(16-18(29-5-4-28-16)15-3-2-12(8-30-15)34-20(23)24)33-19-13-6-11(21(25,26)27)7-14(22)17(13)31-9-32-19/h2-10,20H,1H3,(H,31,32,33). The second-order valence-electron chi connectivity index (χ2n) is 6.99. The first-order valence-corrected chi connectivity index (χ1v) is 10.4.